The Bertz CT molecular complexity index is 1040. The molecule has 2 amide bonds. The van der Waals surface area contributed by atoms with E-state index in [1.165, 1.54) is 23.6 Å². The molecule has 4 saturated carbocycles. The van der Waals surface area contributed by atoms with Crippen molar-refractivity contribution in [2.24, 2.45) is 23.2 Å². The van der Waals surface area contributed by atoms with Crippen molar-refractivity contribution in [3.8, 4) is 0 Å². The van der Waals surface area contributed by atoms with E-state index in [4.69, 9.17) is 0 Å². The standard InChI is InChI=1S/C26H35N3O4S/c30-24(27-21-5-7-22(8-6-21)34(32,33)28-9-1-2-10-28)23-4-3-11-29(23)25(31)26-15-18-12-19(16-26)14-20(13-18)17-26/h5-8,18-20,23H,1-4,9-17H2,(H,27,30). The summed E-state index contributed by atoms with van der Waals surface area (Å²) >= 11 is 0. The van der Waals surface area contributed by atoms with Gasteiger partial charge in [-0.3, -0.25) is 9.59 Å². The molecule has 2 heterocycles. The zero-order valence-electron chi connectivity index (χ0n) is 19.7. The third-order valence-electron chi connectivity index (χ3n) is 9.13. The molecule has 6 fully saturated rings. The molecule has 6 aliphatic rings. The molecule has 0 radical (unpaired) electrons. The van der Waals surface area contributed by atoms with Gasteiger partial charge >= 0.3 is 0 Å². The number of hydrogen-bond donors (Lipinski definition) is 1. The van der Waals surface area contributed by atoms with Crippen molar-refractivity contribution in [2.45, 2.75) is 75.1 Å². The maximum atomic E-state index is 13.8. The van der Waals surface area contributed by atoms with Crippen molar-refractivity contribution in [3.63, 3.8) is 0 Å². The van der Waals surface area contributed by atoms with Crippen LogP contribution in [0.2, 0.25) is 0 Å². The Morgan fingerprint density at radius 1 is 0.853 bits per heavy atom. The van der Waals surface area contributed by atoms with Gasteiger partial charge in [-0.25, -0.2) is 8.42 Å². The zero-order valence-corrected chi connectivity index (χ0v) is 20.6. The second-order valence-corrected chi connectivity index (χ2v) is 13.4. The fourth-order valence-electron chi connectivity index (χ4n) is 7.97. The van der Waals surface area contributed by atoms with E-state index in [0.29, 0.717) is 49.5 Å². The van der Waals surface area contributed by atoms with Crippen LogP contribution in [0, 0.1) is 23.2 Å². The van der Waals surface area contributed by atoms with Crippen LogP contribution >= 0.6 is 0 Å². The Morgan fingerprint density at radius 3 is 2.03 bits per heavy atom. The summed E-state index contributed by atoms with van der Waals surface area (Å²) in [5.74, 6) is 2.14. The van der Waals surface area contributed by atoms with Gasteiger partial charge in [0.25, 0.3) is 0 Å². The van der Waals surface area contributed by atoms with Gasteiger partial charge in [0.05, 0.1) is 10.3 Å². The van der Waals surface area contributed by atoms with Crippen LogP contribution in [0.1, 0.15) is 64.2 Å². The van der Waals surface area contributed by atoms with Gasteiger partial charge in [-0.2, -0.15) is 4.31 Å². The number of anilines is 1. The Labute approximate surface area is 202 Å². The number of carbonyl (C=O) groups excluding carboxylic acids is 2. The van der Waals surface area contributed by atoms with Crippen LogP contribution in [-0.4, -0.2) is 55.1 Å². The normalized spacial score (nSPS) is 35.1. The van der Waals surface area contributed by atoms with Crippen LogP contribution in [-0.2, 0) is 19.6 Å². The van der Waals surface area contributed by atoms with Crippen molar-refractivity contribution >= 4 is 27.5 Å². The lowest BCUT2D eigenvalue weighted by Gasteiger charge is -2.56. The van der Waals surface area contributed by atoms with E-state index in [1.807, 2.05) is 4.90 Å². The number of likely N-dealkylation sites (tertiary alicyclic amines) is 1. The lowest BCUT2D eigenvalue weighted by molar-refractivity contribution is -0.160. The predicted octanol–water partition coefficient (Wildman–Crippen LogP) is 3.62. The van der Waals surface area contributed by atoms with Crippen LogP contribution in [0.3, 0.4) is 0 Å². The summed E-state index contributed by atoms with van der Waals surface area (Å²) in [7, 11) is -3.47. The van der Waals surface area contributed by atoms with Crippen LogP contribution < -0.4 is 5.32 Å². The molecule has 1 aromatic rings. The molecule has 1 unspecified atom stereocenters. The summed E-state index contributed by atoms with van der Waals surface area (Å²) < 4.78 is 27.0. The molecule has 0 aromatic heterocycles. The highest BCUT2D eigenvalue weighted by Crippen LogP contribution is 2.60. The second kappa shape index (κ2) is 8.33. The van der Waals surface area contributed by atoms with Gasteiger partial charge in [0, 0.05) is 25.3 Å². The Hall–Kier alpha value is -1.93. The maximum Gasteiger partial charge on any atom is 0.247 e. The summed E-state index contributed by atoms with van der Waals surface area (Å²) in [4.78, 5) is 29.2. The summed E-state index contributed by atoms with van der Waals surface area (Å²) in [6.45, 7) is 1.79. The van der Waals surface area contributed by atoms with Crippen LogP contribution in [0.15, 0.2) is 29.2 Å². The first-order valence-electron chi connectivity index (χ1n) is 13.1. The summed E-state index contributed by atoms with van der Waals surface area (Å²) in [6.07, 6.45) is 10.2. The molecule has 34 heavy (non-hydrogen) atoms. The van der Waals surface area contributed by atoms with Crippen LogP contribution in [0.4, 0.5) is 5.69 Å². The van der Waals surface area contributed by atoms with E-state index in [9.17, 15) is 18.0 Å². The third kappa shape index (κ3) is 3.77. The number of nitrogens with one attached hydrogen (secondary N) is 1. The van der Waals surface area contributed by atoms with E-state index in [2.05, 4.69) is 5.32 Å². The van der Waals surface area contributed by atoms with Crippen molar-refractivity contribution in [1.82, 2.24) is 9.21 Å². The summed E-state index contributed by atoms with van der Waals surface area (Å²) in [5.41, 5.74) is 0.336. The minimum absolute atomic E-state index is 0.161. The van der Waals surface area contributed by atoms with Gasteiger partial charge in [0.15, 0.2) is 0 Å². The first-order chi connectivity index (χ1) is 16.3. The lowest BCUT2D eigenvalue weighted by Crippen LogP contribution is -2.56. The molecular formula is C26H35N3O4S. The van der Waals surface area contributed by atoms with E-state index >= 15 is 0 Å². The monoisotopic (exact) mass is 485 g/mol. The number of benzene rings is 1. The highest BCUT2D eigenvalue weighted by atomic mass is 32.2. The van der Waals surface area contributed by atoms with E-state index in [1.54, 1.807) is 24.3 Å². The quantitative estimate of drug-likeness (QED) is 0.690. The topological polar surface area (TPSA) is 86.8 Å². The van der Waals surface area contributed by atoms with Crippen molar-refractivity contribution in [1.29, 1.82) is 0 Å². The molecule has 4 bridgehead atoms. The average molecular weight is 486 g/mol. The minimum atomic E-state index is -3.47. The smallest absolute Gasteiger partial charge is 0.247 e. The highest BCUT2D eigenvalue weighted by Gasteiger charge is 2.56. The average Bonchev–Trinajstić information content (AvgIpc) is 3.51. The molecule has 7 rings (SSSR count). The van der Waals surface area contributed by atoms with Gasteiger partial charge in [0.1, 0.15) is 6.04 Å². The number of carbonyl (C=O) groups is 2. The summed E-state index contributed by atoms with van der Waals surface area (Å²) in [5, 5.41) is 2.95. The van der Waals surface area contributed by atoms with Crippen LogP contribution in [0.5, 0.6) is 0 Å². The molecule has 2 aliphatic heterocycles. The SMILES string of the molecule is O=C(Nc1ccc(S(=O)(=O)N2CCCC2)cc1)C1CCCN1C(=O)C12CC3CC(CC(C3)C1)C2. The molecule has 8 heteroatoms. The van der Waals surface area contributed by atoms with E-state index in [-0.39, 0.29) is 22.1 Å². The number of rotatable bonds is 5. The zero-order chi connectivity index (χ0) is 23.5. The summed E-state index contributed by atoms with van der Waals surface area (Å²) in [6, 6.07) is 6.00. The highest BCUT2D eigenvalue weighted by molar-refractivity contribution is 7.89. The number of amides is 2. The first kappa shape index (κ1) is 22.5. The van der Waals surface area contributed by atoms with Crippen LogP contribution in [0.25, 0.3) is 0 Å². The van der Waals surface area contributed by atoms with Crippen molar-refractivity contribution < 1.29 is 18.0 Å². The molecule has 0 spiro atoms. The van der Waals surface area contributed by atoms with Gasteiger partial charge in [-0.1, -0.05) is 0 Å². The Morgan fingerprint density at radius 2 is 1.44 bits per heavy atom. The Balaban J connectivity index is 1.14. The predicted molar refractivity (Wildman–Crippen MR) is 128 cm³/mol. The third-order valence-corrected chi connectivity index (χ3v) is 11.0. The van der Waals surface area contributed by atoms with E-state index < -0.39 is 16.1 Å². The maximum absolute atomic E-state index is 13.8. The number of sulfonamides is 1. The molecule has 1 N–H and O–H groups in total. The second-order valence-electron chi connectivity index (χ2n) is 11.5. The fraction of sp³-hybridized carbons (Fsp3) is 0.692. The fourth-order valence-corrected chi connectivity index (χ4v) is 9.49. The van der Waals surface area contributed by atoms with Gasteiger partial charge in [-0.05, 0) is 106 Å². The van der Waals surface area contributed by atoms with E-state index in [0.717, 1.165) is 38.5 Å². The van der Waals surface area contributed by atoms with Crippen molar-refractivity contribution in [3.05, 3.63) is 24.3 Å². The number of nitrogens with zero attached hydrogens (tertiary/aromatic N) is 2. The van der Waals surface area contributed by atoms with Crippen molar-refractivity contribution in [2.75, 3.05) is 25.0 Å². The molecule has 184 valence electrons. The lowest BCUT2D eigenvalue weighted by atomic mass is 9.49. The minimum Gasteiger partial charge on any atom is -0.330 e. The molecule has 1 aromatic carbocycles. The van der Waals surface area contributed by atoms with Gasteiger partial charge < -0.3 is 10.2 Å². The molecule has 1 atom stereocenters. The Kier molecular flexibility index (Phi) is 5.52. The molecular weight excluding hydrogens is 450 g/mol. The number of hydrogen-bond acceptors (Lipinski definition) is 4. The largest absolute Gasteiger partial charge is 0.330 e. The van der Waals surface area contributed by atoms with Gasteiger partial charge in [0.2, 0.25) is 21.8 Å². The van der Waals surface area contributed by atoms with Gasteiger partial charge in [-0.15, -0.1) is 0 Å². The molecule has 2 saturated heterocycles. The molecule has 4 aliphatic carbocycles. The first-order valence-corrected chi connectivity index (χ1v) is 14.5. The molecule has 7 nitrogen and oxygen atoms in total.